The van der Waals surface area contributed by atoms with Crippen molar-refractivity contribution in [2.24, 2.45) is 0 Å². The predicted octanol–water partition coefficient (Wildman–Crippen LogP) is 3.33. The summed E-state index contributed by atoms with van der Waals surface area (Å²) < 4.78 is 0. The van der Waals surface area contributed by atoms with Crippen LogP contribution in [0.15, 0.2) is 48.0 Å². The van der Waals surface area contributed by atoms with E-state index < -0.39 is 0 Å². The fourth-order valence-corrected chi connectivity index (χ4v) is 6.73. The fraction of sp³-hybridized carbons (Fsp3) is 0.483. The molecule has 10 nitrogen and oxygen atoms in total. The number of pyridine rings is 2. The molecule has 0 bridgehead atoms. The Morgan fingerprint density at radius 1 is 0.750 bits per heavy atom. The van der Waals surface area contributed by atoms with E-state index in [1.807, 2.05) is 69.6 Å². The molecule has 11 heteroatoms. The van der Waals surface area contributed by atoms with E-state index in [0.29, 0.717) is 37.8 Å². The Kier molecular flexibility index (Phi) is 7.81. The summed E-state index contributed by atoms with van der Waals surface area (Å²) in [6.07, 6.45) is 3.57. The third-order valence-corrected chi connectivity index (χ3v) is 9.15. The summed E-state index contributed by atoms with van der Waals surface area (Å²) in [5, 5.41) is 2.92. The molecule has 0 saturated carbocycles. The van der Waals surface area contributed by atoms with Crippen LogP contribution in [0, 0.1) is 6.92 Å². The summed E-state index contributed by atoms with van der Waals surface area (Å²) >= 11 is 1.58. The number of carbonyl (C=O) groups excluding carboxylic acids is 2. The Balaban J connectivity index is 0.969. The molecule has 3 saturated heterocycles. The summed E-state index contributed by atoms with van der Waals surface area (Å²) in [5.41, 5.74) is 1.55. The van der Waals surface area contributed by atoms with Crippen LogP contribution in [0.5, 0.6) is 0 Å². The molecule has 3 aromatic rings. The molecule has 40 heavy (non-hydrogen) atoms. The number of aryl methyl sites for hydroxylation is 1. The topological polar surface area (TPSA) is 89.0 Å². The summed E-state index contributed by atoms with van der Waals surface area (Å²) in [5.74, 6) is 2.25. The van der Waals surface area contributed by atoms with Crippen LogP contribution >= 0.6 is 11.3 Å². The Hall–Kier alpha value is -3.73. The molecule has 6 rings (SSSR count). The van der Waals surface area contributed by atoms with Crippen molar-refractivity contribution in [3.05, 3.63) is 64.4 Å². The second-order valence-corrected chi connectivity index (χ2v) is 11.6. The maximum Gasteiger partial charge on any atom is 0.320 e. The van der Waals surface area contributed by atoms with Crippen LogP contribution < -0.4 is 9.80 Å². The standard InChI is InChI=1S/C29H36N8O2S/c1-22-5-4-7-26(31-22)34-13-17-35(18-14-34)28(38)24-21-40-27(32-24)23-8-11-36(12-9-23)29(39)37-19-15-33(16-20-37)25-6-2-3-10-30-25/h2-7,10,21,23H,8-9,11-20H2,1H3. The molecular weight excluding hydrogens is 524 g/mol. The third-order valence-electron chi connectivity index (χ3n) is 8.14. The van der Waals surface area contributed by atoms with Crippen LogP contribution in [0.1, 0.15) is 39.9 Å². The lowest BCUT2D eigenvalue weighted by Gasteiger charge is -2.39. The van der Waals surface area contributed by atoms with Crippen LogP contribution in [0.4, 0.5) is 16.4 Å². The molecule has 0 spiro atoms. The first-order valence-corrected chi connectivity index (χ1v) is 15.1. The largest absolute Gasteiger partial charge is 0.353 e. The van der Waals surface area contributed by atoms with Crippen molar-refractivity contribution >= 4 is 34.9 Å². The average Bonchev–Trinajstić information content (AvgIpc) is 3.52. The fourth-order valence-electron chi connectivity index (χ4n) is 5.76. The van der Waals surface area contributed by atoms with Crippen molar-refractivity contribution in [3.8, 4) is 0 Å². The molecule has 0 atom stereocenters. The van der Waals surface area contributed by atoms with Gasteiger partial charge in [0.05, 0.1) is 5.01 Å². The van der Waals surface area contributed by atoms with Gasteiger partial charge in [-0.05, 0) is 44.0 Å². The number of carbonyl (C=O) groups is 2. The zero-order chi connectivity index (χ0) is 27.5. The monoisotopic (exact) mass is 560 g/mol. The molecule has 3 fully saturated rings. The van der Waals surface area contributed by atoms with Crippen molar-refractivity contribution in [1.29, 1.82) is 0 Å². The Labute approximate surface area is 239 Å². The number of likely N-dealkylation sites (tertiary alicyclic amines) is 1. The smallest absolute Gasteiger partial charge is 0.320 e. The number of rotatable bonds is 4. The van der Waals surface area contributed by atoms with E-state index in [0.717, 1.165) is 74.4 Å². The Morgan fingerprint density at radius 3 is 2.08 bits per heavy atom. The van der Waals surface area contributed by atoms with E-state index in [9.17, 15) is 9.59 Å². The molecule has 0 aromatic carbocycles. The third kappa shape index (κ3) is 5.74. The summed E-state index contributed by atoms with van der Waals surface area (Å²) in [7, 11) is 0. The second-order valence-electron chi connectivity index (χ2n) is 10.7. The van der Waals surface area contributed by atoms with Gasteiger partial charge in [-0.3, -0.25) is 4.79 Å². The van der Waals surface area contributed by atoms with Gasteiger partial charge in [0.25, 0.3) is 5.91 Å². The zero-order valence-corrected chi connectivity index (χ0v) is 23.8. The number of hydrogen-bond acceptors (Lipinski definition) is 8. The van der Waals surface area contributed by atoms with Gasteiger partial charge in [0, 0.05) is 88.6 Å². The van der Waals surface area contributed by atoms with Gasteiger partial charge < -0.3 is 24.5 Å². The molecule has 6 heterocycles. The number of nitrogens with zero attached hydrogens (tertiary/aromatic N) is 8. The molecule has 0 aliphatic carbocycles. The summed E-state index contributed by atoms with van der Waals surface area (Å²) in [4.78, 5) is 50.5. The number of amides is 3. The van der Waals surface area contributed by atoms with Gasteiger partial charge >= 0.3 is 6.03 Å². The lowest BCUT2D eigenvalue weighted by Crippen LogP contribution is -2.54. The maximum atomic E-state index is 13.2. The summed E-state index contributed by atoms with van der Waals surface area (Å²) in [6, 6.07) is 12.1. The van der Waals surface area contributed by atoms with Gasteiger partial charge in [0.15, 0.2) is 0 Å². The highest BCUT2D eigenvalue weighted by Crippen LogP contribution is 2.31. The molecular formula is C29H36N8O2S. The number of aromatic nitrogens is 3. The minimum atomic E-state index is 0.0109. The molecule has 3 amide bonds. The molecule has 3 aliphatic rings. The van der Waals surface area contributed by atoms with Crippen LogP contribution in [0.3, 0.4) is 0 Å². The first-order valence-electron chi connectivity index (χ1n) is 14.2. The molecule has 3 aromatic heterocycles. The second kappa shape index (κ2) is 11.8. The first-order chi connectivity index (χ1) is 19.5. The normalized spacial score (nSPS) is 18.8. The van der Waals surface area contributed by atoms with E-state index in [1.54, 1.807) is 11.3 Å². The number of anilines is 2. The van der Waals surface area contributed by atoms with Crippen LogP contribution in [-0.4, -0.2) is 107 Å². The molecule has 0 radical (unpaired) electrons. The van der Waals surface area contributed by atoms with E-state index in [-0.39, 0.29) is 11.9 Å². The highest BCUT2D eigenvalue weighted by molar-refractivity contribution is 7.09. The van der Waals surface area contributed by atoms with Crippen LogP contribution in [0.2, 0.25) is 0 Å². The highest BCUT2D eigenvalue weighted by Gasteiger charge is 2.31. The van der Waals surface area contributed by atoms with Crippen LogP contribution in [0.25, 0.3) is 0 Å². The number of hydrogen-bond donors (Lipinski definition) is 0. The number of thiazole rings is 1. The van der Waals surface area contributed by atoms with Crippen LogP contribution in [-0.2, 0) is 0 Å². The molecule has 0 unspecified atom stereocenters. The molecule has 3 aliphatic heterocycles. The first kappa shape index (κ1) is 26.5. The van der Waals surface area contributed by atoms with Gasteiger partial charge in [-0.2, -0.15) is 0 Å². The Bertz CT molecular complexity index is 1310. The lowest BCUT2D eigenvalue weighted by molar-refractivity contribution is 0.0741. The van der Waals surface area contributed by atoms with Gasteiger partial charge in [0.2, 0.25) is 0 Å². The lowest BCUT2D eigenvalue weighted by atomic mass is 9.98. The van der Waals surface area contributed by atoms with Gasteiger partial charge in [-0.1, -0.05) is 12.1 Å². The average molecular weight is 561 g/mol. The Morgan fingerprint density at radius 2 is 1.40 bits per heavy atom. The SMILES string of the molecule is Cc1cccc(N2CCN(C(=O)c3csc(C4CCN(C(=O)N5CCN(c6ccccn6)CC5)CC4)n3)CC2)n1. The van der Waals surface area contributed by atoms with Crippen molar-refractivity contribution in [2.75, 3.05) is 75.2 Å². The number of piperazine rings is 2. The minimum Gasteiger partial charge on any atom is -0.353 e. The van der Waals surface area contributed by atoms with E-state index in [4.69, 9.17) is 4.98 Å². The minimum absolute atomic E-state index is 0.0109. The molecule has 210 valence electrons. The van der Waals surface area contributed by atoms with E-state index in [2.05, 4.69) is 19.8 Å². The van der Waals surface area contributed by atoms with E-state index >= 15 is 0 Å². The van der Waals surface area contributed by atoms with Crippen molar-refractivity contribution in [2.45, 2.75) is 25.7 Å². The number of urea groups is 1. The van der Waals surface area contributed by atoms with Crippen molar-refractivity contribution < 1.29 is 9.59 Å². The quantitative estimate of drug-likeness (QED) is 0.484. The van der Waals surface area contributed by atoms with Crippen molar-refractivity contribution in [1.82, 2.24) is 29.7 Å². The van der Waals surface area contributed by atoms with Gasteiger partial charge in [-0.15, -0.1) is 11.3 Å². The number of piperidine rings is 1. The van der Waals surface area contributed by atoms with Crippen molar-refractivity contribution in [3.63, 3.8) is 0 Å². The van der Waals surface area contributed by atoms with Gasteiger partial charge in [-0.25, -0.2) is 19.7 Å². The summed E-state index contributed by atoms with van der Waals surface area (Å²) in [6.45, 7) is 9.33. The highest BCUT2D eigenvalue weighted by atomic mass is 32.1. The van der Waals surface area contributed by atoms with E-state index in [1.165, 1.54) is 0 Å². The predicted molar refractivity (Wildman–Crippen MR) is 156 cm³/mol. The van der Waals surface area contributed by atoms with Gasteiger partial charge in [0.1, 0.15) is 17.3 Å². The zero-order valence-electron chi connectivity index (χ0n) is 23.0. The maximum absolute atomic E-state index is 13.2. The molecule has 0 N–H and O–H groups in total.